The fraction of sp³-hybridized carbons (Fsp3) is 0.412. The van der Waals surface area contributed by atoms with Gasteiger partial charge in [-0.15, -0.1) is 0 Å². The quantitative estimate of drug-likeness (QED) is 0.869. The Labute approximate surface area is 134 Å². The number of fused-ring (bicyclic) bond motifs is 2. The molecule has 23 heavy (non-hydrogen) atoms. The molecular formula is C17H19N3O3. The van der Waals surface area contributed by atoms with E-state index in [1.165, 1.54) is 0 Å². The second kappa shape index (κ2) is 5.61. The Balaban J connectivity index is 1.43. The van der Waals surface area contributed by atoms with E-state index in [1.54, 1.807) is 23.1 Å². The van der Waals surface area contributed by atoms with Gasteiger partial charge in [0.1, 0.15) is 5.82 Å². The number of imidazole rings is 1. The molecule has 0 radical (unpaired) electrons. The third kappa shape index (κ3) is 2.65. The molecule has 3 heterocycles. The molecule has 0 fully saturated rings. The normalized spacial score (nSPS) is 18.6. The van der Waals surface area contributed by atoms with Crippen LogP contribution in [0.2, 0.25) is 0 Å². The highest BCUT2D eigenvalue weighted by atomic mass is 16.7. The molecule has 2 aliphatic rings. The fourth-order valence-electron chi connectivity index (χ4n) is 3.29. The van der Waals surface area contributed by atoms with Crippen LogP contribution in [0.1, 0.15) is 22.6 Å². The zero-order valence-electron chi connectivity index (χ0n) is 13.1. The molecule has 4 rings (SSSR count). The van der Waals surface area contributed by atoms with Gasteiger partial charge in [-0.25, -0.2) is 4.98 Å². The number of hydrogen-bond acceptors (Lipinski definition) is 4. The van der Waals surface area contributed by atoms with Gasteiger partial charge in [0, 0.05) is 44.5 Å². The van der Waals surface area contributed by atoms with Crippen LogP contribution in [0.3, 0.4) is 0 Å². The molecule has 0 spiro atoms. The van der Waals surface area contributed by atoms with Crippen molar-refractivity contribution in [1.82, 2.24) is 14.5 Å². The zero-order valence-corrected chi connectivity index (χ0v) is 13.1. The van der Waals surface area contributed by atoms with Crippen LogP contribution >= 0.6 is 0 Å². The van der Waals surface area contributed by atoms with Gasteiger partial charge in [-0.05, 0) is 30.5 Å². The van der Waals surface area contributed by atoms with Crippen molar-refractivity contribution in [3.63, 3.8) is 0 Å². The molecule has 2 aliphatic heterocycles. The minimum Gasteiger partial charge on any atom is -0.454 e. The fourth-order valence-corrected chi connectivity index (χ4v) is 3.29. The molecule has 1 atom stereocenters. The van der Waals surface area contributed by atoms with Crippen LogP contribution in [0, 0.1) is 5.92 Å². The maximum Gasteiger partial charge on any atom is 0.253 e. The summed E-state index contributed by atoms with van der Waals surface area (Å²) in [6, 6.07) is 5.34. The summed E-state index contributed by atoms with van der Waals surface area (Å²) in [6.07, 6.45) is 5.86. The topological polar surface area (TPSA) is 56.6 Å². The van der Waals surface area contributed by atoms with E-state index in [4.69, 9.17) is 9.47 Å². The first-order valence-electron chi connectivity index (χ1n) is 7.86. The summed E-state index contributed by atoms with van der Waals surface area (Å²) in [5, 5.41) is 0. The lowest BCUT2D eigenvalue weighted by Gasteiger charge is -2.28. The number of benzene rings is 1. The smallest absolute Gasteiger partial charge is 0.253 e. The van der Waals surface area contributed by atoms with Crippen molar-refractivity contribution in [2.24, 2.45) is 5.92 Å². The summed E-state index contributed by atoms with van der Waals surface area (Å²) in [6.45, 7) is 1.93. The summed E-state index contributed by atoms with van der Waals surface area (Å²) in [7, 11) is 1.86. The number of aryl methyl sites for hydroxylation is 1. The van der Waals surface area contributed by atoms with Gasteiger partial charge in [0.25, 0.3) is 5.91 Å². The summed E-state index contributed by atoms with van der Waals surface area (Å²) < 4.78 is 12.8. The Morgan fingerprint density at radius 2 is 2.26 bits per heavy atom. The average Bonchev–Trinajstić information content (AvgIpc) is 3.21. The number of amides is 1. The number of nitrogens with zero attached hydrogens (tertiary/aromatic N) is 3. The highest BCUT2D eigenvalue weighted by Crippen LogP contribution is 2.32. The Bertz CT molecular complexity index is 740. The van der Waals surface area contributed by atoms with Gasteiger partial charge in [0.2, 0.25) is 6.79 Å². The minimum absolute atomic E-state index is 0.0113. The molecule has 2 aromatic rings. The molecule has 1 amide bonds. The number of hydrogen-bond donors (Lipinski definition) is 0. The van der Waals surface area contributed by atoms with Crippen molar-refractivity contribution in [1.29, 1.82) is 0 Å². The third-order valence-electron chi connectivity index (χ3n) is 4.55. The van der Waals surface area contributed by atoms with E-state index in [2.05, 4.69) is 9.55 Å². The van der Waals surface area contributed by atoms with Crippen LogP contribution < -0.4 is 9.47 Å². The second-order valence-electron chi connectivity index (χ2n) is 6.15. The Morgan fingerprint density at radius 3 is 3.17 bits per heavy atom. The lowest BCUT2D eigenvalue weighted by molar-refractivity contribution is 0.0763. The summed E-state index contributed by atoms with van der Waals surface area (Å²) in [5.41, 5.74) is 0.633. The van der Waals surface area contributed by atoms with E-state index in [-0.39, 0.29) is 12.7 Å². The lowest BCUT2D eigenvalue weighted by Crippen LogP contribution is -2.35. The molecule has 1 aromatic heterocycles. The molecule has 0 saturated carbocycles. The number of rotatable bonds is 3. The van der Waals surface area contributed by atoms with Crippen LogP contribution in [0.15, 0.2) is 30.6 Å². The largest absolute Gasteiger partial charge is 0.454 e. The number of ether oxygens (including phenoxy) is 2. The molecule has 6 nitrogen and oxygen atoms in total. The summed E-state index contributed by atoms with van der Waals surface area (Å²) in [4.78, 5) is 18.8. The Hall–Kier alpha value is -2.50. The van der Waals surface area contributed by atoms with E-state index in [0.29, 0.717) is 23.0 Å². The van der Waals surface area contributed by atoms with Crippen LogP contribution in [0.25, 0.3) is 0 Å². The van der Waals surface area contributed by atoms with Gasteiger partial charge in [0.15, 0.2) is 11.5 Å². The van der Waals surface area contributed by atoms with E-state index in [1.807, 2.05) is 19.4 Å². The van der Waals surface area contributed by atoms with Crippen molar-refractivity contribution in [3.05, 3.63) is 42.0 Å². The molecule has 6 heteroatoms. The van der Waals surface area contributed by atoms with Crippen molar-refractivity contribution >= 4 is 5.91 Å². The highest BCUT2D eigenvalue weighted by molar-refractivity contribution is 5.94. The molecule has 0 bridgehead atoms. The van der Waals surface area contributed by atoms with Crippen LogP contribution in [-0.2, 0) is 13.0 Å². The highest BCUT2D eigenvalue weighted by Gasteiger charge is 2.24. The molecule has 1 unspecified atom stereocenters. The number of carbonyl (C=O) groups excluding carboxylic acids is 1. The van der Waals surface area contributed by atoms with E-state index in [0.717, 1.165) is 31.8 Å². The molecular weight excluding hydrogens is 294 g/mol. The van der Waals surface area contributed by atoms with Crippen LogP contribution in [0.4, 0.5) is 0 Å². The van der Waals surface area contributed by atoms with Crippen LogP contribution in [0.5, 0.6) is 11.5 Å². The van der Waals surface area contributed by atoms with Gasteiger partial charge in [0.05, 0.1) is 0 Å². The van der Waals surface area contributed by atoms with Crippen molar-refractivity contribution < 1.29 is 14.3 Å². The van der Waals surface area contributed by atoms with E-state index < -0.39 is 0 Å². The zero-order chi connectivity index (χ0) is 15.8. The van der Waals surface area contributed by atoms with Crippen molar-refractivity contribution in [2.45, 2.75) is 19.4 Å². The first kappa shape index (κ1) is 14.1. The molecule has 0 saturated heterocycles. The van der Waals surface area contributed by atoms with Crippen LogP contribution in [-0.4, -0.2) is 40.7 Å². The predicted octanol–water partition coefficient (Wildman–Crippen LogP) is 1.95. The van der Waals surface area contributed by atoms with Gasteiger partial charge < -0.3 is 18.9 Å². The first-order chi connectivity index (χ1) is 11.2. The SMILES string of the molecule is CN(CC1CCn2ccnc2C1)C(=O)c1ccc2c(c1)OCO2. The maximum absolute atomic E-state index is 12.6. The summed E-state index contributed by atoms with van der Waals surface area (Å²) >= 11 is 0. The lowest BCUT2D eigenvalue weighted by atomic mass is 9.97. The Kier molecular flexibility index (Phi) is 3.44. The van der Waals surface area contributed by atoms with Crippen molar-refractivity contribution in [2.75, 3.05) is 20.4 Å². The standard InChI is InChI=1S/C17H19N3O3/c1-19(10-12-4-6-20-7-5-18-16(20)8-12)17(21)13-2-3-14-15(9-13)23-11-22-14/h2-3,5,7,9,12H,4,6,8,10-11H2,1H3. The van der Waals surface area contributed by atoms with E-state index in [9.17, 15) is 4.79 Å². The van der Waals surface area contributed by atoms with Gasteiger partial charge in [-0.1, -0.05) is 0 Å². The van der Waals surface area contributed by atoms with Gasteiger partial charge in [-0.3, -0.25) is 4.79 Å². The van der Waals surface area contributed by atoms with Gasteiger partial charge in [-0.2, -0.15) is 0 Å². The molecule has 0 aliphatic carbocycles. The summed E-state index contributed by atoms with van der Waals surface area (Å²) in [5.74, 6) is 2.92. The molecule has 1 aromatic carbocycles. The third-order valence-corrected chi connectivity index (χ3v) is 4.55. The average molecular weight is 313 g/mol. The second-order valence-corrected chi connectivity index (χ2v) is 6.15. The predicted molar refractivity (Wildman–Crippen MR) is 83.6 cm³/mol. The van der Waals surface area contributed by atoms with Gasteiger partial charge >= 0.3 is 0 Å². The first-order valence-corrected chi connectivity index (χ1v) is 7.86. The Morgan fingerprint density at radius 1 is 1.39 bits per heavy atom. The maximum atomic E-state index is 12.6. The van der Waals surface area contributed by atoms with E-state index >= 15 is 0 Å². The number of aromatic nitrogens is 2. The minimum atomic E-state index is 0.0113. The van der Waals surface area contributed by atoms with Crippen molar-refractivity contribution in [3.8, 4) is 11.5 Å². The monoisotopic (exact) mass is 313 g/mol. The number of carbonyl (C=O) groups is 1. The molecule has 120 valence electrons. The molecule has 0 N–H and O–H groups in total.